The van der Waals surface area contributed by atoms with E-state index in [1.165, 1.54) is 89.9 Å². The van der Waals surface area contributed by atoms with Crippen LogP contribution in [0.5, 0.6) is 0 Å². The molecule has 0 saturated carbocycles. The highest BCUT2D eigenvalue weighted by molar-refractivity contribution is 5.70. The van der Waals surface area contributed by atoms with Gasteiger partial charge in [-0.05, 0) is 38.0 Å². The average Bonchev–Trinajstić information content (AvgIpc) is 2.92. The van der Waals surface area contributed by atoms with Gasteiger partial charge in [0.15, 0.2) is 6.29 Å². The molecule has 0 spiro atoms. The maximum Gasteiger partial charge on any atom is 0.410 e. The van der Waals surface area contributed by atoms with E-state index in [1.807, 2.05) is 0 Å². The topological polar surface area (TPSA) is 72.9 Å². The van der Waals surface area contributed by atoms with Gasteiger partial charge in [-0.15, -0.1) is 0 Å². The Kier molecular flexibility index (Phi) is 27.2. The molecule has 0 bridgehead atoms. The molecule has 0 atom stereocenters. The predicted molar refractivity (Wildman–Crippen MR) is 157 cm³/mol. The summed E-state index contributed by atoms with van der Waals surface area (Å²) in [6.07, 6.45) is 23.9. The van der Waals surface area contributed by atoms with Gasteiger partial charge in [-0.2, -0.15) is 0 Å². The van der Waals surface area contributed by atoms with Crippen LogP contribution in [0.15, 0.2) is 0 Å². The number of ether oxygens (including phenoxy) is 2. The van der Waals surface area contributed by atoms with Gasteiger partial charge in [0, 0.05) is 19.5 Å². The number of aldehydes is 1. The molecule has 0 radical (unpaired) electrons. The lowest BCUT2D eigenvalue weighted by molar-refractivity contribution is -0.145. The van der Waals surface area contributed by atoms with Crippen molar-refractivity contribution in [3.63, 3.8) is 0 Å². The molecule has 224 valence electrons. The molecular formula is C32H61NO5. The fraction of sp³-hybridized carbons (Fsp3) is 0.906. The van der Waals surface area contributed by atoms with Crippen LogP contribution in [0.4, 0.5) is 4.79 Å². The van der Waals surface area contributed by atoms with E-state index in [9.17, 15) is 14.4 Å². The zero-order chi connectivity index (χ0) is 28.1. The third kappa shape index (κ3) is 23.5. The molecule has 6 heteroatoms. The Morgan fingerprint density at radius 1 is 0.632 bits per heavy atom. The number of rotatable bonds is 28. The van der Waals surface area contributed by atoms with Gasteiger partial charge in [-0.1, -0.05) is 117 Å². The SMILES string of the molecule is CCCCCCCCCCN(CCCCC(=O)OCC(CCCCCC)CCCCCC)C(=O)OCC=O. The molecule has 0 heterocycles. The molecule has 1 amide bonds. The van der Waals surface area contributed by atoms with Gasteiger partial charge >= 0.3 is 12.1 Å². The second-order valence-electron chi connectivity index (χ2n) is 10.9. The summed E-state index contributed by atoms with van der Waals surface area (Å²) in [7, 11) is 0. The molecule has 0 aliphatic heterocycles. The molecule has 0 aromatic rings. The molecule has 6 nitrogen and oxygen atoms in total. The van der Waals surface area contributed by atoms with E-state index in [4.69, 9.17) is 9.47 Å². The fourth-order valence-electron chi connectivity index (χ4n) is 4.81. The van der Waals surface area contributed by atoms with Crippen molar-refractivity contribution in [3.05, 3.63) is 0 Å². The van der Waals surface area contributed by atoms with Crippen molar-refractivity contribution in [2.45, 2.75) is 156 Å². The van der Waals surface area contributed by atoms with Crippen LogP contribution >= 0.6 is 0 Å². The van der Waals surface area contributed by atoms with Crippen LogP contribution in [0.2, 0.25) is 0 Å². The van der Waals surface area contributed by atoms with E-state index in [1.54, 1.807) is 4.90 Å². The molecule has 0 aliphatic rings. The lowest BCUT2D eigenvalue weighted by atomic mass is 9.95. The Bertz CT molecular complexity index is 542. The highest BCUT2D eigenvalue weighted by atomic mass is 16.6. The smallest absolute Gasteiger partial charge is 0.410 e. The Balaban J connectivity index is 4.31. The number of unbranched alkanes of at least 4 members (excludes halogenated alkanes) is 14. The summed E-state index contributed by atoms with van der Waals surface area (Å²) in [5, 5.41) is 0. The Hall–Kier alpha value is -1.59. The fourth-order valence-corrected chi connectivity index (χ4v) is 4.81. The zero-order valence-electron chi connectivity index (χ0n) is 25.3. The monoisotopic (exact) mass is 539 g/mol. The summed E-state index contributed by atoms with van der Waals surface area (Å²) in [6, 6.07) is 0. The molecule has 0 aromatic heterocycles. The molecule has 0 rings (SSSR count). The van der Waals surface area contributed by atoms with Crippen molar-refractivity contribution >= 4 is 18.3 Å². The van der Waals surface area contributed by atoms with Crippen LogP contribution in [0.3, 0.4) is 0 Å². The van der Waals surface area contributed by atoms with Crippen LogP contribution < -0.4 is 0 Å². The predicted octanol–water partition coefficient (Wildman–Crippen LogP) is 9.04. The number of hydrogen-bond donors (Lipinski definition) is 0. The normalized spacial score (nSPS) is 11.1. The van der Waals surface area contributed by atoms with Gasteiger partial charge in [0.05, 0.1) is 6.61 Å². The second-order valence-corrected chi connectivity index (χ2v) is 10.9. The number of amides is 1. The van der Waals surface area contributed by atoms with Crippen LogP contribution in [-0.2, 0) is 19.1 Å². The Morgan fingerprint density at radius 2 is 1.11 bits per heavy atom. The molecular weight excluding hydrogens is 478 g/mol. The van der Waals surface area contributed by atoms with Crippen molar-refractivity contribution in [3.8, 4) is 0 Å². The maximum absolute atomic E-state index is 12.4. The Labute approximate surface area is 235 Å². The largest absolute Gasteiger partial charge is 0.465 e. The van der Waals surface area contributed by atoms with Crippen molar-refractivity contribution in [2.24, 2.45) is 5.92 Å². The summed E-state index contributed by atoms with van der Waals surface area (Å²) in [6.45, 7) is 8.19. The first kappa shape index (κ1) is 36.4. The van der Waals surface area contributed by atoms with Crippen LogP contribution in [0, 0.1) is 5.92 Å². The summed E-state index contributed by atoms with van der Waals surface area (Å²) in [5.74, 6) is 0.345. The molecule has 0 unspecified atom stereocenters. The number of hydrogen-bond acceptors (Lipinski definition) is 5. The number of nitrogens with zero attached hydrogens (tertiary/aromatic N) is 1. The van der Waals surface area contributed by atoms with Crippen LogP contribution in [0.1, 0.15) is 156 Å². The third-order valence-electron chi connectivity index (χ3n) is 7.29. The molecule has 38 heavy (non-hydrogen) atoms. The average molecular weight is 540 g/mol. The van der Waals surface area contributed by atoms with Gasteiger partial charge in [-0.25, -0.2) is 4.79 Å². The van der Waals surface area contributed by atoms with Gasteiger partial charge in [0.1, 0.15) is 6.61 Å². The lowest BCUT2D eigenvalue weighted by Crippen LogP contribution is -2.34. The molecule has 0 aliphatic carbocycles. The van der Waals surface area contributed by atoms with E-state index < -0.39 is 6.09 Å². The highest BCUT2D eigenvalue weighted by Gasteiger charge is 2.16. The van der Waals surface area contributed by atoms with Gasteiger partial charge in [-0.3, -0.25) is 9.59 Å². The van der Waals surface area contributed by atoms with E-state index in [0.29, 0.717) is 44.7 Å². The standard InChI is InChI=1S/C32H61NO5/c1-4-7-10-13-14-15-16-20-25-33(32(36)37-28-27-34)26-21-19-24-31(35)38-29-30(22-17-11-8-5-2)23-18-12-9-6-3/h27,30H,4-26,28-29H2,1-3H3. The second kappa shape index (κ2) is 28.4. The quantitative estimate of drug-likeness (QED) is 0.0563. The van der Waals surface area contributed by atoms with Crippen molar-refractivity contribution < 1.29 is 23.9 Å². The van der Waals surface area contributed by atoms with E-state index in [2.05, 4.69) is 20.8 Å². The van der Waals surface area contributed by atoms with Crippen molar-refractivity contribution in [1.29, 1.82) is 0 Å². The first-order valence-corrected chi connectivity index (χ1v) is 16.1. The van der Waals surface area contributed by atoms with Gasteiger partial charge in [0.25, 0.3) is 0 Å². The third-order valence-corrected chi connectivity index (χ3v) is 7.29. The summed E-state index contributed by atoms with van der Waals surface area (Å²) in [5.41, 5.74) is 0. The first-order valence-electron chi connectivity index (χ1n) is 16.1. The first-order chi connectivity index (χ1) is 18.6. The minimum absolute atomic E-state index is 0.129. The summed E-state index contributed by atoms with van der Waals surface area (Å²) in [4.78, 5) is 37.0. The maximum atomic E-state index is 12.4. The van der Waals surface area contributed by atoms with Gasteiger partial charge < -0.3 is 14.4 Å². The lowest BCUT2D eigenvalue weighted by Gasteiger charge is -2.21. The van der Waals surface area contributed by atoms with Crippen molar-refractivity contribution in [1.82, 2.24) is 4.90 Å². The van der Waals surface area contributed by atoms with E-state index in [-0.39, 0.29) is 12.6 Å². The molecule has 0 aromatic carbocycles. The molecule has 0 saturated heterocycles. The minimum Gasteiger partial charge on any atom is -0.465 e. The number of carbonyl (C=O) groups is 3. The number of carbonyl (C=O) groups excluding carboxylic acids is 3. The summed E-state index contributed by atoms with van der Waals surface area (Å²) >= 11 is 0. The van der Waals surface area contributed by atoms with E-state index in [0.717, 1.165) is 32.1 Å². The Morgan fingerprint density at radius 3 is 1.63 bits per heavy atom. The highest BCUT2D eigenvalue weighted by Crippen LogP contribution is 2.19. The zero-order valence-corrected chi connectivity index (χ0v) is 25.3. The summed E-state index contributed by atoms with van der Waals surface area (Å²) < 4.78 is 10.7. The minimum atomic E-state index is -0.434. The van der Waals surface area contributed by atoms with Gasteiger partial charge in [0.2, 0.25) is 0 Å². The van der Waals surface area contributed by atoms with Crippen molar-refractivity contribution in [2.75, 3.05) is 26.3 Å². The van der Waals surface area contributed by atoms with E-state index >= 15 is 0 Å². The molecule has 0 fully saturated rings. The van der Waals surface area contributed by atoms with Crippen LogP contribution in [0.25, 0.3) is 0 Å². The number of esters is 1. The molecule has 0 N–H and O–H groups in total. The van der Waals surface area contributed by atoms with Crippen LogP contribution in [-0.4, -0.2) is 49.6 Å².